The number of aromatic nitrogens is 3. The number of aliphatic imine (C=N–C) groups is 1. The lowest BCUT2D eigenvalue weighted by atomic mass is 10.2. The number of nitrogens with zero attached hydrogens (tertiary/aromatic N) is 4. The molecular formula is C20H23F3N6S. The summed E-state index contributed by atoms with van der Waals surface area (Å²) in [6, 6.07) is 10.1. The zero-order valence-electron chi connectivity index (χ0n) is 16.5. The van der Waals surface area contributed by atoms with E-state index in [0.717, 1.165) is 22.3 Å². The van der Waals surface area contributed by atoms with Crippen LogP contribution < -0.4 is 10.6 Å². The standard InChI is InChI=1S/C20H23F3N6S/c1-2-24-19(25-9-8-18-28-17(14-30-18)20(21,22)23)26-10-16-11-27-29(13-16)12-15-6-4-3-5-7-15/h3-7,11,13-14H,2,8-10,12H2,1H3,(H2,24,25,26). The zero-order chi connectivity index (χ0) is 21.4. The quantitative estimate of drug-likeness (QED) is 0.417. The van der Waals surface area contributed by atoms with Crippen LogP contribution in [0, 0.1) is 0 Å². The molecule has 0 saturated carbocycles. The van der Waals surface area contributed by atoms with Crippen LogP contribution in [0.25, 0.3) is 0 Å². The number of guanidine groups is 1. The van der Waals surface area contributed by atoms with E-state index in [1.165, 1.54) is 5.56 Å². The topological polar surface area (TPSA) is 67.1 Å². The Kier molecular flexibility index (Phi) is 7.45. The number of rotatable bonds is 8. The predicted octanol–water partition coefficient (Wildman–Crippen LogP) is 3.70. The second-order valence-electron chi connectivity index (χ2n) is 6.53. The first-order valence-corrected chi connectivity index (χ1v) is 10.4. The van der Waals surface area contributed by atoms with Gasteiger partial charge in [0.1, 0.15) is 0 Å². The van der Waals surface area contributed by atoms with E-state index in [4.69, 9.17) is 0 Å². The summed E-state index contributed by atoms with van der Waals surface area (Å²) in [6.07, 6.45) is -0.276. The number of alkyl halides is 3. The Labute approximate surface area is 176 Å². The number of hydrogen-bond donors (Lipinski definition) is 2. The average molecular weight is 437 g/mol. The Morgan fingerprint density at radius 2 is 1.97 bits per heavy atom. The van der Waals surface area contributed by atoms with Gasteiger partial charge in [0, 0.05) is 36.7 Å². The van der Waals surface area contributed by atoms with E-state index in [2.05, 4.69) is 25.7 Å². The molecule has 0 atom stereocenters. The van der Waals surface area contributed by atoms with Crippen LogP contribution in [-0.4, -0.2) is 33.8 Å². The summed E-state index contributed by atoms with van der Waals surface area (Å²) in [5.74, 6) is 0.598. The highest BCUT2D eigenvalue weighted by molar-refractivity contribution is 7.09. The molecule has 160 valence electrons. The van der Waals surface area contributed by atoms with Gasteiger partial charge in [0.05, 0.1) is 24.3 Å². The predicted molar refractivity (Wildman–Crippen MR) is 111 cm³/mol. The van der Waals surface area contributed by atoms with Crippen molar-refractivity contribution in [3.8, 4) is 0 Å². The smallest absolute Gasteiger partial charge is 0.357 e. The van der Waals surface area contributed by atoms with Crippen LogP contribution in [-0.2, 0) is 25.7 Å². The van der Waals surface area contributed by atoms with Crippen molar-refractivity contribution in [2.24, 2.45) is 4.99 Å². The molecule has 10 heteroatoms. The maximum Gasteiger partial charge on any atom is 0.434 e. The number of hydrogen-bond acceptors (Lipinski definition) is 4. The summed E-state index contributed by atoms with van der Waals surface area (Å²) in [5.41, 5.74) is 1.30. The molecule has 1 aromatic carbocycles. The Bertz CT molecular complexity index is 949. The van der Waals surface area contributed by atoms with E-state index < -0.39 is 11.9 Å². The number of thiazole rings is 1. The second-order valence-corrected chi connectivity index (χ2v) is 7.47. The van der Waals surface area contributed by atoms with E-state index in [9.17, 15) is 13.2 Å². The molecule has 2 N–H and O–H groups in total. The minimum Gasteiger partial charge on any atom is -0.357 e. The average Bonchev–Trinajstić information content (AvgIpc) is 3.36. The highest BCUT2D eigenvalue weighted by atomic mass is 32.1. The molecule has 2 heterocycles. The van der Waals surface area contributed by atoms with Crippen molar-refractivity contribution in [2.45, 2.75) is 32.6 Å². The van der Waals surface area contributed by atoms with Crippen molar-refractivity contribution in [1.82, 2.24) is 25.4 Å². The SMILES string of the molecule is CCNC(=NCc1cnn(Cc2ccccc2)c1)NCCc1nc(C(F)(F)F)cs1. The summed E-state index contributed by atoms with van der Waals surface area (Å²) >= 11 is 1.01. The molecule has 30 heavy (non-hydrogen) atoms. The Hall–Kier alpha value is -2.88. The summed E-state index contributed by atoms with van der Waals surface area (Å²) < 4.78 is 39.8. The summed E-state index contributed by atoms with van der Waals surface area (Å²) in [5, 5.41) is 12.1. The van der Waals surface area contributed by atoms with Crippen molar-refractivity contribution in [1.29, 1.82) is 0 Å². The third kappa shape index (κ3) is 6.58. The van der Waals surface area contributed by atoms with Gasteiger partial charge >= 0.3 is 6.18 Å². The van der Waals surface area contributed by atoms with Crippen LogP contribution in [0.1, 0.15) is 28.8 Å². The lowest BCUT2D eigenvalue weighted by molar-refractivity contribution is -0.140. The van der Waals surface area contributed by atoms with Gasteiger partial charge in [0.2, 0.25) is 0 Å². The third-order valence-corrected chi connectivity index (χ3v) is 5.02. The van der Waals surface area contributed by atoms with Gasteiger partial charge in [-0.05, 0) is 12.5 Å². The minimum atomic E-state index is -4.40. The molecular weight excluding hydrogens is 413 g/mol. The fourth-order valence-corrected chi connectivity index (χ4v) is 3.51. The molecule has 6 nitrogen and oxygen atoms in total. The van der Waals surface area contributed by atoms with E-state index in [0.29, 0.717) is 43.6 Å². The normalized spacial score (nSPS) is 12.2. The van der Waals surface area contributed by atoms with Gasteiger partial charge in [0.25, 0.3) is 0 Å². The van der Waals surface area contributed by atoms with Crippen LogP contribution in [0.2, 0.25) is 0 Å². The Morgan fingerprint density at radius 3 is 2.67 bits per heavy atom. The van der Waals surface area contributed by atoms with Crippen LogP contribution in [0.15, 0.2) is 53.1 Å². The largest absolute Gasteiger partial charge is 0.434 e. The fraction of sp³-hybridized carbons (Fsp3) is 0.350. The van der Waals surface area contributed by atoms with Gasteiger partial charge in [-0.1, -0.05) is 30.3 Å². The van der Waals surface area contributed by atoms with Crippen molar-refractivity contribution in [2.75, 3.05) is 13.1 Å². The van der Waals surface area contributed by atoms with Crippen LogP contribution in [0.5, 0.6) is 0 Å². The maximum absolute atomic E-state index is 12.6. The number of benzene rings is 1. The van der Waals surface area contributed by atoms with Gasteiger partial charge in [-0.2, -0.15) is 18.3 Å². The van der Waals surface area contributed by atoms with E-state index in [-0.39, 0.29) is 0 Å². The fourth-order valence-electron chi connectivity index (χ4n) is 2.70. The molecule has 0 saturated heterocycles. The first-order valence-electron chi connectivity index (χ1n) is 9.53. The van der Waals surface area contributed by atoms with Crippen molar-refractivity contribution in [3.63, 3.8) is 0 Å². The zero-order valence-corrected chi connectivity index (χ0v) is 17.3. The molecule has 0 amide bonds. The van der Waals surface area contributed by atoms with Crippen molar-refractivity contribution in [3.05, 3.63) is 69.9 Å². The highest BCUT2D eigenvalue weighted by Gasteiger charge is 2.33. The number of nitrogens with one attached hydrogen (secondary N) is 2. The molecule has 2 aromatic heterocycles. The molecule has 0 spiro atoms. The number of halogens is 3. The Balaban J connectivity index is 1.51. The molecule has 0 radical (unpaired) electrons. The van der Waals surface area contributed by atoms with E-state index >= 15 is 0 Å². The molecule has 0 fully saturated rings. The van der Waals surface area contributed by atoms with Gasteiger partial charge in [-0.15, -0.1) is 11.3 Å². The summed E-state index contributed by atoms with van der Waals surface area (Å²) in [4.78, 5) is 8.16. The first kappa shape index (κ1) is 21.8. The molecule has 0 aliphatic carbocycles. The minimum absolute atomic E-state index is 0.389. The second kappa shape index (κ2) is 10.2. The first-order chi connectivity index (χ1) is 14.4. The van der Waals surface area contributed by atoms with Crippen LogP contribution in [0.3, 0.4) is 0 Å². The molecule has 0 unspecified atom stereocenters. The van der Waals surface area contributed by atoms with E-state index in [1.807, 2.05) is 48.1 Å². The van der Waals surface area contributed by atoms with Gasteiger partial charge in [0.15, 0.2) is 11.7 Å². The van der Waals surface area contributed by atoms with Crippen LogP contribution in [0.4, 0.5) is 13.2 Å². The van der Waals surface area contributed by atoms with Crippen molar-refractivity contribution >= 4 is 17.3 Å². The van der Waals surface area contributed by atoms with Crippen LogP contribution >= 0.6 is 11.3 Å². The Morgan fingerprint density at radius 1 is 1.17 bits per heavy atom. The summed E-state index contributed by atoms with van der Waals surface area (Å²) in [7, 11) is 0. The van der Waals surface area contributed by atoms with Gasteiger partial charge < -0.3 is 10.6 Å². The van der Waals surface area contributed by atoms with Gasteiger partial charge in [-0.25, -0.2) is 9.98 Å². The highest BCUT2D eigenvalue weighted by Crippen LogP contribution is 2.29. The van der Waals surface area contributed by atoms with Crippen molar-refractivity contribution < 1.29 is 13.2 Å². The molecule has 3 aromatic rings. The molecule has 0 bridgehead atoms. The monoisotopic (exact) mass is 436 g/mol. The molecule has 0 aliphatic heterocycles. The molecule has 0 aliphatic rings. The van der Waals surface area contributed by atoms with E-state index in [1.54, 1.807) is 6.20 Å². The third-order valence-electron chi connectivity index (χ3n) is 4.11. The lowest BCUT2D eigenvalue weighted by Crippen LogP contribution is -2.38. The lowest BCUT2D eigenvalue weighted by Gasteiger charge is -2.10. The molecule has 3 rings (SSSR count). The maximum atomic E-state index is 12.6. The summed E-state index contributed by atoms with van der Waals surface area (Å²) in [6.45, 7) is 4.19. The van der Waals surface area contributed by atoms with Gasteiger partial charge in [-0.3, -0.25) is 4.68 Å².